The minimum Gasteiger partial charge on any atom is -0.373 e. The van der Waals surface area contributed by atoms with Gasteiger partial charge in [0, 0.05) is 12.3 Å². The molecule has 114 valence electrons. The number of imidazole rings is 1. The zero-order valence-electron chi connectivity index (χ0n) is 12.6. The lowest BCUT2D eigenvalue weighted by molar-refractivity contribution is -0.0818. The maximum absolute atomic E-state index is 11.7. The molecule has 6 nitrogen and oxygen atoms in total. The molecule has 2 aromatic rings. The first kappa shape index (κ1) is 14.3. The molecule has 2 atom stereocenters. The third-order valence-electron chi connectivity index (χ3n) is 3.58. The smallest absolute Gasteiger partial charge is 0.209 e. The highest BCUT2D eigenvalue weighted by atomic mass is 16.6. The van der Waals surface area contributed by atoms with Crippen LogP contribution in [0.15, 0.2) is 23.4 Å². The van der Waals surface area contributed by atoms with Crippen LogP contribution < -0.4 is 5.43 Å². The minimum atomic E-state index is -0.158. The highest BCUT2D eigenvalue weighted by Crippen LogP contribution is 2.30. The molecule has 3 rings (SSSR count). The molecule has 1 N–H and O–H groups in total. The zero-order chi connectivity index (χ0) is 15.0. The molecule has 3 heterocycles. The summed E-state index contributed by atoms with van der Waals surface area (Å²) in [4.78, 5) is 19.0. The van der Waals surface area contributed by atoms with Gasteiger partial charge in [-0.05, 0) is 33.6 Å². The molecule has 0 bridgehead atoms. The molecule has 0 unspecified atom stereocenters. The van der Waals surface area contributed by atoms with Gasteiger partial charge >= 0.3 is 0 Å². The van der Waals surface area contributed by atoms with E-state index in [9.17, 15) is 4.79 Å². The van der Waals surface area contributed by atoms with Crippen molar-refractivity contribution in [2.24, 2.45) is 0 Å². The van der Waals surface area contributed by atoms with E-state index in [1.165, 1.54) is 6.07 Å². The van der Waals surface area contributed by atoms with Crippen molar-refractivity contribution in [3.8, 4) is 0 Å². The van der Waals surface area contributed by atoms with Crippen LogP contribution in [0.4, 0.5) is 0 Å². The number of fused-ring (bicyclic) bond motifs is 1. The Morgan fingerprint density at radius 1 is 1.48 bits per heavy atom. The Morgan fingerprint density at radius 3 is 3.05 bits per heavy atom. The fourth-order valence-corrected chi connectivity index (χ4v) is 2.53. The van der Waals surface area contributed by atoms with E-state index < -0.39 is 0 Å². The van der Waals surface area contributed by atoms with E-state index in [4.69, 9.17) is 9.47 Å². The van der Waals surface area contributed by atoms with Crippen molar-refractivity contribution >= 4 is 11.2 Å². The van der Waals surface area contributed by atoms with Crippen LogP contribution in [-0.2, 0) is 9.47 Å². The number of pyridine rings is 1. The number of H-pyrrole nitrogens is 1. The Hall–Kier alpha value is -1.66. The Balaban J connectivity index is 1.73. The maximum atomic E-state index is 11.7. The van der Waals surface area contributed by atoms with E-state index in [0.717, 1.165) is 12.8 Å². The second-order valence-corrected chi connectivity index (χ2v) is 6.40. The van der Waals surface area contributed by atoms with E-state index in [2.05, 4.69) is 9.97 Å². The van der Waals surface area contributed by atoms with Crippen LogP contribution in [0.3, 0.4) is 0 Å². The summed E-state index contributed by atoms with van der Waals surface area (Å²) in [7, 11) is 0. The van der Waals surface area contributed by atoms with Crippen LogP contribution in [0.5, 0.6) is 0 Å². The molecule has 0 saturated carbocycles. The number of nitrogens with one attached hydrogen (secondary N) is 1. The number of rotatable bonds is 3. The van der Waals surface area contributed by atoms with Gasteiger partial charge in [0.1, 0.15) is 11.9 Å². The largest absolute Gasteiger partial charge is 0.373 e. The molecule has 0 aromatic carbocycles. The van der Waals surface area contributed by atoms with E-state index in [1.54, 1.807) is 12.5 Å². The third kappa shape index (κ3) is 3.01. The second-order valence-electron chi connectivity index (χ2n) is 6.40. The monoisotopic (exact) mass is 291 g/mol. The number of ether oxygens (including phenoxy) is 2. The average molecular weight is 291 g/mol. The van der Waals surface area contributed by atoms with E-state index in [0.29, 0.717) is 17.8 Å². The summed E-state index contributed by atoms with van der Waals surface area (Å²) in [6.45, 7) is 6.69. The molecule has 1 fully saturated rings. The Bertz CT molecular complexity index is 683. The van der Waals surface area contributed by atoms with Gasteiger partial charge in [0.15, 0.2) is 5.52 Å². The van der Waals surface area contributed by atoms with Gasteiger partial charge < -0.3 is 14.5 Å². The number of nitrogens with zero attached hydrogens (tertiary/aromatic N) is 2. The van der Waals surface area contributed by atoms with Crippen molar-refractivity contribution in [3.05, 3.63) is 28.8 Å². The van der Waals surface area contributed by atoms with Gasteiger partial charge in [0.05, 0.1) is 24.6 Å². The summed E-state index contributed by atoms with van der Waals surface area (Å²) < 4.78 is 13.7. The number of hydrogen-bond donors (Lipinski definition) is 1. The van der Waals surface area contributed by atoms with Gasteiger partial charge in [-0.1, -0.05) is 0 Å². The minimum absolute atomic E-state index is 0.0758. The van der Waals surface area contributed by atoms with Crippen LogP contribution in [-0.4, -0.2) is 32.8 Å². The van der Waals surface area contributed by atoms with Crippen LogP contribution in [0.1, 0.15) is 39.8 Å². The van der Waals surface area contributed by atoms with Gasteiger partial charge in [-0.25, -0.2) is 4.98 Å². The third-order valence-corrected chi connectivity index (χ3v) is 3.58. The highest BCUT2D eigenvalue weighted by molar-refractivity contribution is 5.70. The quantitative estimate of drug-likeness (QED) is 0.941. The predicted molar refractivity (Wildman–Crippen MR) is 79.2 cm³/mol. The number of aromatic amines is 1. The molecule has 2 aromatic heterocycles. The van der Waals surface area contributed by atoms with Crippen molar-refractivity contribution < 1.29 is 9.47 Å². The summed E-state index contributed by atoms with van der Waals surface area (Å²) >= 11 is 0. The molecule has 1 aliphatic heterocycles. The van der Waals surface area contributed by atoms with Crippen LogP contribution in [0, 0.1) is 0 Å². The topological polar surface area (TPSA) is 69.1 Å². The Morgan fingerprint density at radius 2 is 2.29 bits per heavy atom. The molecule has 1 aliphatic rings. The molecule has 0 amide bonds. The summed E-state index contributed by atoms with van der Waals surface area (Å²) in [5, 5.41) is 0. The fourth-order valence-electron chi connectivity index (χ4n) is 2.53. The molecule has 0 aliphatic carbocycles. The standard InChI is InChI=1S/C15H21N3O3/c1-15(2,3)20-8-10-4-5-12(21-10)18-9-17-13-11(19)6-7-16-14(13)18/h6-7,9-10,12H,4-5,8H2,1-3H3,(H,16,19)/t10-,12+/m0/s1. The normalized spacial score (nSPS) is 23.0. The first-order chi connectivity index (χ1) is 9.94. The maximum Gasteiger partial charge on any atom is 0.209 e. The Labute approximate surface area is 123 Å². The summed E-state index contributed by atoms with van der Waals surface area (Å²) in [6, 6.07) is 1.48. The van der Waals surface area contributed by atoms with Gasteiger partial charge in [0.25, 0.3) is 0 Å². The first-order valence-electron chi connectivity index (χ1n) is 7.28. The van der Waals surface area contributed by atoms with E-state index in [-0.39, 0.29) is 23.4 Å². The summed E-state index contributed by atoms with van der Waals surface area (Å²) in [5.41, 5.74) is 0.933. The average Bonchev–Trinajstić information content (AvgIpc) is 3.02. The second kappa shape index (κ2) is 5.27. The first-order valence-corrected chi connectivity index (χ1v) is 7.28. The molecule has 6 heteroatoms. The predicted octanol–water partition coefficient (Wildman–Crippen LogP) is 2.22. The van der Waals surface area contributed by atoms with Gasteiger partial charge in [-0.3, -0.25) is 9.36 Å². The van der Waals surface area contributed by atoms with Gasteiger partial charge in [-0.2, -0.15) is 0 Å². The number of aromatic nitrogens is 3. The lowest BCUT2D eigenvalue weighted by Crippen LogP contribution is -2.26. The van der Waals surface area contributed by atoms with Crippen LogP contribution in [0.25, 0.3) is 11.2 Å². The summed E-state index contributed by atoms with van der Waals surface area (Å²) in [6.07, 6.45) is 5.12. The van der Waals surface area contributed by atoms with Gasteiger partial charge in [-0.15, -0.1) is 0 Å². The molecule has 0 radical (unpaired) electrons. The molecule has 0 spiro atoms. The van der Waals surface area contributed by atoms with Crippen molar-refractivity contribution in [3.63, 3.8) is 0 Å². The molecular weight excluding hydrogens is 270 g/mol. The summed E-state index contributed by atoms with van der Waals surface area (Å²) in [5.74, 6) is 0. The van der Waals surface area contributed by atoms with Crippen molar-refractivity contribution in [1.29, 1.82) is 0 Å². The van der Waals surface area contributed by atoms with Crippen LogP contribution in [0.2, 0.25) is 0 Å². The Kier molecular flexibility index (Phi) is 3.59. The van der Waals surface area contributed by atoms with Crippen molar-refractivity contribution in [1.82, 2.24) is 14.5 Å². The van der Waals surface area contributed by atoms with E-state index in [1.807, 2.05) is 25.3 Å². The van der Waals surface area contributed by atoms with Crippen molar-refractivity contribution in [2.75, 3.05) is 6.61 Å². The molecule has 21 heavy (non-hydrogen) atoms. The fraction of sp³-hybridized carbons (Fsp3) is 0.600. The molecular formula is C15H21N3O3. The van der Waals surface area contributed by atoms with E-state index >= 15 is 0 Å². The van der Waals surface area contributed by atoms with Crippen LogP contribution >= 0.6 is 0 Å². The highest BCUT2D eigenvalue weighted by Gasteiger charge is 2.29. The zero-order valence-corrected chi connectivity index (χ0v) is 12.6. The number of hydrogen-bond acceptors (Lipinski definition) is 4. The van der Waals surface area contributed by atoms with Gasteiger partial charge in [0.2, 0.25) is 5.43 Å². The lowest BCUT2D eigenvalue weighted by atomic mass is 10.2. The van der Waals surface area contributed by atoms with Crippen molar-refractivity contribution in [2.45, 2.75) is 51.5 Å². The lowest BCUT2D eigenvalue weighted by Gasteiger charge is -2.22. The SMILES string of the molecule is CC(C)(C)OC[C@@H]1CC[C@H](n2cnc3c(=O)cc[nH]c32)O1. The molecule has 1 saturated heterocycles.